The van der Waals surface area contributed by atoms with Crippen molar-refractivity contribution in [3.63, 3.8) is 0 Å². The lowest BCUT2D eigenvalue weighted by atomic mass is 10.1. The maximum atomic E-state index is 5.22. The third-order valence-electron chi connectivity index (χ3n) is 4.77. The van der Waals surface area contributed by atoms with Gasteiger partial charge in [-0.3, -0.25) is 4.99 Å². The fraction of sp³-hybridized carbons (Fsp3) is 0.429. The second-order valence-corrected chi connectivity index (χ2v) is 6.85. The quantitative estimate of drug-likeness (QED) is 0.442. The summed E-state index contributed by atoms with van der Waals surface area (Å²) in [5.74, 6) is 1.73. The highest BCUT2D eigenvalue weighted by Gasteiger charge is 2.08. The van der Waals surface area contributed by atoms with Crippen LogP contribution in [0.1, 0.15) is 35.1 Å². The Kier molecular flexibility index (Phi) is 6.16. The molecule has 6 heteroatoms. The van der Waals surface area contributed by atoms with Gasteiger partial charge in [-0.15, -0.1) is 0 Å². The van der Waals surface area contributed by atoms with E-state index in [0.717, 1.165) is 48.9 Å². The van der Waals surface area contributed by atoms with Gasteiger partial charge in [-0.05, 0) is 57.7 Å². The fourth-order valence-corrected chi connectivity index (χ4v) is 3.30. The Morgan fingerprint density at radius 2 is 2.04 bits per heavy atom. The van der Waals surface area contributed by atoms with E-state index in [1.807, 2.05) is 13.8 Å². The van der Waals surface area contributed by atoms with Crippen LogP contribution < -0.4 is 10.6 Å². The van der Waals surface area contributed by atoms with Crippen LogP contribution >= 0.6 is 0 Å². The highest BCUT2D eigenvalue weighted by molar-refractivity contribution is 5.84. The third-order valence-corrected chi connectivity index (χ3v) is 4.77. The summed E-state index contributed by atoms with van der Waals surface area (Å²) in [5, 5.41) is 12.0. The number of aromatic amines is 1. The number of nitrogens with zero attached hydrogens (tertiary/aromatic N) is 2. The predicted molar refractivity (Wildman–Crippen MR) is 110 cm³/mol. The molecule has 2 aromatic heterocycles. The van der Waals surface area contributed by atoms with Crippen LogP contribution in [0.3, 0.4) is 0 Å². The van der Waals surface area contributed by atoms with Crippen LogP contribution in [0.4, 0.5) is 0 Å². The van der Waals surface area contributed by atoms with Gasteiger partial charge in [0.25, 0.3) is 0 Å². The van der Waals surface area contributed by atoms with E-state index in [4.69, 9.17) is 4.52 Å². The van der Waals surface area contributed by atoms with Gasteiger partial charge >= 0.3 is 0 Å². The fourth-order valence-electron chi connectivity index (χ4n) is 3.30. The van der Waals surface area contributed by atoms with Gasteiger partial charge in [0.15, 0.2) is 5.96 Å². The van der Waals surface area contributed by atoms with Crippen LogP contribution in [0.5, 0.6) is 0 Å². The second-order valence-electron chi connectivity index (χ2n) is 6.85. The van der Waals surface area contributed by atoms with Gasteiger partial charge in [-0.25, -0.2) is 0 Å². The first-order valence-corrected chi connectivity index (χ1v) is 9.59. The average Bonchev–Trinajstić information content (AvgIpc) is 3.19. The zero-order valence-corrected chi connectivity index (χ0v) is 16.6. The Balaban J connectivity index is 1.56. The van der Waals surface area contributed by atoms with Crippen LogP contribution in [0.15, 0.2) is 33.9 Å². The molecule has 0 aliphatic heterocycles. The van der Waals surface area contributed by atoms with Crippen molar-refractivity contribution in [1.29, 1.82) is 0 Å². The van der Waals surface area contributed by atoms with Crippen LogP contribution in [0, 0.1) is 20.8 Å². The smallest absolute Gasteiger partial charge is 0.191 e. The molecule has 0 spiro atoms. The van der Waals surface area contributed by atoms with E-state index in [1.165, 1.54) is 22.0 Å². The highest BCUT2D eigenvalue weighted by Crippen LogP contribution is 2.19. The number of aromatic nitrogens is 2. The Morgan fingerprint density at radius 3 is 2.78 bits per heavy atom. The maximum Gasteiger partial charge on any atom is 0.191 e. The molecule has 27 heavy (non-hydrogen) atoms. The Morgan fingerprint density at radius 1 is 1.19 bits per heavy atom. The minimum Gasteiger partial charge on any atom is -0.361 e. The van der Waals surface area contributed by atoms with Crippen LogP contribution in [0.2, 0.25) is 0 Å². The number of guanidine groups is 1. The minimum atomic E-state index is 0.699. The van der Waals surface area contributed by atoms with Gasteiger partial charge < -0.3 is 20.1 Å². The molecule has 0 unspecified atom stereocenters. The monoisotopic (exact) mass is 367 g/mol. The van der Waals surface area contributed by atoms with Crippen molar-refractivity contribution in [1.82, 2.24) is 20.8 Å². The van der Waals surface area contributed by atoms with Crippen LogP contribution in [-0.2, 0) is 12.8 Å². The molecule has 0 saturated carbocycles. The Labute approximate surface area is 160 Å². The van der Waals surface area contributed by atoms with Crippen molar-refractivity contribution in [2.24, 2.45) is 4.99 Å². The summed E-state index contributed by atoms with van der Waals surface area (Å²) in [4.78, 5) is 8.04. The molecule has 1 aromatic carbocycles. The van der Waals surface area contributed by atoms with Crippen molar-refractivity contribution < 1.29 is 4.52 Å². The zero-order chi connectivity index (χ0) is 19.2. The molecule has 0 amide bonds. The molecule has 144 valence electrons. The van der Waals surface area contributed by atoms with E-state index in [1.54, 1.807) is 0 Å². The molecular formula is C21H29N5O. The summed E-state index contributed by atoms with van der Waals surface area (Å²) < 4.78 is 5.22. The first-order valence-electron chi connectivity index (χ1n) is 9.59. The predicted octanol–water partition coefficient (Wildman–Crippen LogP) is 3.42. The molecule has 3 aromatic rings. The van der Waals surface area contributed by atoms with E-state index in [9.17, 15) is 0 Å². The Hall–Kier alpha value is -2.76. The van der Waals surface area contributed by atoms with E-state index in [2.05, 4.69) is 64.0 Å². The van der Waals surface area contributed by atoms with Gasteiger partial charge in [0.2, 0.25) is 0 Å². The summed E-state index contributed by atoms with van der Waals surface area (Å²) >= 11 is 0. The van der Waals surface area contributed by atoms with Crippen molar-refractivity contribution >= 4 is 16.9 Å². The SMILES string of the molecule is CCNC(=NCCc1c(C)noc1C)NCCc1c[nH]c2cc(C)ccc12. The van der Waals surface area contributed by atoms with E-state index >= 15 is 0 Å². The molecule has 0 fully saturated rings. The molecule has 0 aliphatic rings. The number of hydrogen-bond acceptors (Lipinski definition) is 3. The van der Waals surface area contributed by atoms with Gasteiger partial charge in [0.05, 0.1) is 5.69 Å². The molecule has 3 rings (SSSR count). The number of nitrogens with one attached hydrogen (secondary N) is 3. The first kappa shape index (κ1) is 19.0. The molecule has 0 radical (unpaired) electrons. The normalized spacial score (nSPS) is 11.9. The summed E-state index contributed by atoms with van der Waals surface area (Å²) in [6, 6.07) is 6.54. The zero-order valence-electron chi connectivity index (χ0n) is 16.6. The molecular weight excluding hydrogens is 338 g/mol. The molecule has 6 nitrogen and oxygen atoms in total. The van der Waals surface area contributed by atoms with Gasteiger partial charge in [0.1, 0.15) is 5.76 Å². The van der Waals surface area contributed by atoms with Gasteiger partial charge in [-0.2, -0.15) is 0 Å². The molecule has 0 atom stereocenters. The van der Waals surface area contributed by atoms with Crippen LogP contribution in [0.25, 0.3) is 10.9 Å². The van der Waals surface area contributed by atoms with E-state index in [0.29, 0.717) is 6.54 Å². The van der Waals surface area contributed by atoms with Gasteiger partial charge in [-0.1, -0.05) is 17.3 Å². The number of fused-ring (bicyclic) bond motifs is 1. The molecule has 0 saturated heterocycles. The topological polar surface area (TPSA) is 78.2 Å². The number of hydrogen-bond donors (Lipinski definition) is 3. The first-order chi connectivity index (χ1) is 13.1. The number of rotatable bonds is 7. The van der Waals surface area contributed by atoms with Crippen LogP contribution in [-0.4, -0.2) is 35.7 Å². The van der Waals surface area contributed by atoms with Crippen molar-refractivity contribution in [3.8, 4) is 0 Å². The number of aryl methyl sites for hydroxylation is 3. The molecule has 0 aliphatic carbocycles. The summed E-state index contributed by atoms with van der Waals surface area (Å²) in [5.41, 5.74) is 5.90. The molecule has 2 heterocycles. The van der Waals surface area contributed by atoms with Crippen molar-refractivity contribution in [2.75, 3.05) is 19.6 Å². The van der Waals surface area contributed by atoms with E-state index in [-0.39, 0.29) is 0 Å². The standard InChI is InChI=1S/C21H29N5O/c1-5-22-21(24-11-9-18-15(3)26-27-16(18)4)23-10-8-17-13-25-20-12-14(2)6-7-19(17)20/h6-7,12-13,25H,5,8-11H2,1-4H3,(H2,22,23,24). The largest absolute Gasteiger partial charge is 0.361 e. The number of aliphatic imine (C=N–C) groups is 1. The highest BCUT2D eigenvalue weighted by atomic mass is 16.5. The lowest BCUT2D eigenvalue weighted by Gasteiger charge is -2.11. The van der Waals surface area contributed by atoms with Crippen molar-refractivity contribution in [3.05, 3.63) is 52.5 Å². The minimum absolute atomic E-state index is 0.699. The lowest BCUT2D eigenvalue weighted by molar-refractivity contribution is 0.392. The summed E-state index contributed by atoms with van der Waals surface area (Å²) in [6.45, 7) is 10.5. The second kappa shape index (κ2) is 8.75. The molecule has 3 N–H and O–H groups in total. The van der Waals surface area contributed by atoms with Gasteiger partial charge in [0, 0.05) is 42.3 Å². The summed E-state index contributed by atoms with van der Waals surface area (Å²) in [6.07, 6.45) is 3.88. The number of H-pyrrole nitrogens is 1. The number of benzene rings is 1. The third kappa shape index (κ3) is 4.70. The summed E-state index contributed by atoms with van der Waals surface area (Å²) in [7, 11) is 0. The molecule has 0 bridgehead atoms. The Bertz CT molecular complexity index is 902. The van der Waals surface area contributed by atoms with Crippen molar-refractivity contribution in [2.45, 2.75) is 40.5 Å². The lowest BCUT2D eigenvalue weighted by Crippen LogP contribution is -2.38. The van der Waals surface area contributed by atoms with E-state index < -0.39 is 0 Å². The average molecular weight is 367 g/mol. The maximum absolute atomic E-state index is 5.22.